The van der Waals surface area contributed by atoms with E-state index in [2.05, 4.69) is 27.4 Å². The number of pyridine rings is 1. The first-order valence-corrected chi connectivity index (χ1v) is 5.71. The van der Waals surface area contributed by atoms with Crippen molar-refractivity contribution in [1.29, 1.82) is 0 Å². The molecular weight excluding hydrogens is 212 g/mol. The van der Waals surface area contributed by atoms with Gasteiger partial charge in [-0.1, -0.05) is 0 Å². The third kappa shape index (κ3) is 2.36. The number of imidazole rings is 1. The molecule has 0 aliphatic rings. The molecule has 1 unspecified atom stereocenters. The molecule has 0 aliphatic carbocycles. The van der Waals surface area contributed by atoms with Crippen LogP contribution in [0.2, 0.25) is 0 Å². The zero-order chi connectivity index (χ0) is 12.4. The molecule has 0 saturated heterocycles. The van der Waals surface area contributed by atoms with E-state index in [1.54, 1.807) is 0 Å². The second kappa shape index (κ2) is 4.67. The van der Waals surface area contributed by atoms with Gasteiger partial charge in [-0.05, 0) is 38.6 Å². The van der Waals surface area contributed by atoms with Gasteiger partial charge in [-0.2, -0.15) is 0 Å². The molecule has 2 aromatic heterocycles. The van der Waals surface area contributed by atoms with Gasteiger partial charge in [0.25, 0.3) is 0 Å². The normalized spacial score (nSPS) is 12.7. The highest BCUT2D eigenvalue weighted by Gasteiger charge is 2.16. The molecule has 0 saturated carbocycles. The van der Waals surface area contributed by atoms with Crippen LogP contribution >= 0.6 is 0 Å². The Labute approximate surface area is 102 Å². The SMILES string of the molecule is CNC(c1cc(C)nc(C)c1)c1nccn1C. The summed E-state index contributed by atoms with van der Waals surface area (Å²) < 4.78 is 2.03. The van der Waals surface area contributed by atoms with Gasteiger partial charge in [-0.15, -0.1) is 0 Å². The highest BCUT2D eigenvalue weighted by Crippen LogP contribution is 2.20. The fraction of sp³-hybridized carbons (Fsp3) is 0.385. The summed E-state index contributed by atoms with van der Waals surface area (Å²) in [4.78, 5) is 8.80. The minimum absolute atomic E-state index is 0.107. The van der Waals surface area contributed by atoms with Crippen LogP contribution < -0.4 is 5.32 Å². The molecule has 90 valence electrons. The van der Waals surface area contributed by atoms with Gasteiger partial charge in [0.15, 0.2) is 0 Å². The van der Waals surface area contributed by atoms with Crippen LogP contribution in [0.5, 0.6) is 0 Å². The fourth-order valence-electron chi connectivity index (χ4n) is 2.13. The number of nitrogens with one attached hydrogen (secondary N) is 1. The summed E-state index contributed by atoms with van der Waals surface area (Å²) in [7, 11) is 3.96. The lowest BCUT2D eigenvalue weighted by Crippen LogP contribution is -2.21. The lowest BCUT2D eigenvalue weighted by Gasteiger charge is -2.17. The molecule has 2 rings (SSSR count). The van der Waals surface area contributed by atoms with Gasteiger partial charge in [0.1, 0.15) is 5.82 Å². The quantitative estimate of drug-likeness (QED) is 0.873. The zero-order valence-corrected chi connectivity index (χ0v) is 10.7. The molecule has 0 fully saturated rings. The van der Waals surface area contributed by atoms with E-state index in [1.807, 2.05) is 44.9 Å². The first-order valence-electron chi connectivity index (χ1n) is 5.71. The standard InChI is InChI=1S/C13H18N4/c1-9-7-11(8-10(2)16-9)12(14-3)13-15-5-6-17(13)4/h5-8,12,14H,1-4H3. The number of nitrogens with zero attached hydrogens (tertiary/aromatic N) is 3. The van der Waals surface area contributed by atoms with E-state index < -0.39 is 0 Å². The molecule has 1 N–H and O–H groups in total. The third-order valence-corrected chi connectivity index (χ3v) is 2.84. The molecule has 0 aromatic carbocycles. The molecule has 17 heavy (non-hydrogen) atoms. The summed E-state index contributed by atoms with van der Waals surface area (Å²) in [5.74, 6) is 1.01. The van der Waals surface area contributed by atoms with Gasteiger partial charge in [-0.3, -0.25) is 4.98 Å². The van der Waals surface area contributed by atoms with Crippen molar-refractivity contribution in [2.45, 2.75) is 19.9 Å². The lowest BCUT2D eigenvalue weighted by molar-refractivity contribution is 0.615. The number of aromatic nitrogens is 3. The minimum atomic E-state index is 0.107. The van der Waals surface area contributed by atoms with Crippen molar-refractivity contribution in [1.82, 2.24) is 19.9 Å². The largest absolute Gasteiger partial charge is 0.336 e. The Bertz CT molecular complexity index is 496. The minimum Gasteiger partial charge on any atom is -0.336 e. The van der Waals surface area contributed by atoms with Crippen LogP contribution in [0, 0.1) is 13.8 Å². The van der Waals surface area contributed by atoms with Gasteiger partial charge in [0, 0.05) is 30.8 Å². The highest BCUT2D eigenvalue weighted by molar-refractivity contribution is 5.28. The summed E-state index contributed by atoms with van der Waals surface area (Å²) in [5, 5.41) is 3.30. The second-order valence-corrected chi connectivity index (χ2v) is 4.30. The Morgan fingerprint density at radius 3 is 2.35 bits per heavy atom. The first-order chi connectivity index (χ1) is 8.11. The molecule has 0 radical (unpaired) electrons. The monoisotopic (exact) mass is 230 g/mol. The Morgan fingerprint density at radius 2 is 1.88 bits per heavy atom. The molecule has 2 aromatic rings. The summed E-state index contributed by atoms with van der Waals surface area (Å²) in [6, 6.07) is 4.31. The van der Waals surface area contributed by atoms with Crippen LogP contribution in [0.15, 0.2) is 24.5 Å². The van der Waals surface area contributed by atoms with Gasteiger partial charge in [0.2, 0.25) is 0 Å². The predicted molar refractivity (Wildman–Crippen MR) is 67.8 cm³/mol. The zero-order valence-electron chi connectivity index (χ0n) is 10.7. The molecular formula is C13H18N4. The van der Waals surface area contributed by atoms with Crippen molar-refractivity contribution in [3.8, 4) is 0 Å². The molecule has 0 bridgehead atoms. The van der Waals surface area contributed by atoms with E-state index in [0.29, 0.717) is 0 Å². The first kappa shape index (κ1) is 11.8. The second-order valence-electron chi connectivity index (χ2n) is 4.30. The average molecular weight is 230 g/mol. The maximum absolute atomic E-state index is 4.40. The van der Waals surface area contributed by atoms with Crippen molar-refractivity contribution in [2.24, 2.45) is 7.05 Å². The van der Waals surface area contributed by atoms with Crippen LogP contribution in [0.4, 0.5) is 0 Å². The molecule has 2 heterocycles. The topological polar surface area (TPSA) is 42.7 Å². The van der Waals surface area contributed by atoms with Crippen molar-refractivity contribution in [3.63, 3.8) is 0 Å². The maximum atomic E-state index is 4.40. The van der Waals surface area contributed by atoms with E-state index >= 15 is 0 Å². The summed E-state index contributed by atoms with van der Waals surface area (Å²) in [5.41, 5.74) is 3.27. The maximum Gasteiger partial charge on any atom is 0.130 e. The number of rotatable bonds is 3. The van der Waals surface area contributed by atoms with E-state index in [-0.39, 0.29) is 6.04 Å². The summed E-state index contributed by atoms with van der Waals surface area (Å²) in [6.07, 6.45) is 3.78. The van der Waals surface area contributed by atoms with Crippen LogP contribution in [0.3, 0.4) is 0 Å². The van der Waals surface area contributed by atoms with Crippen LogP contribution in [-0.2, 0) is 7.05 Å². The van der Waals surface area contributed by atoms with E-state index in [1.165, 1.54) is 5.56 Å². The third-order valence-electron chi connectivity index (χ3n) is 2.84. The van der Waals surface area contributed by atoms with Gasteiger partial charge in [-0.25, -0.2) is 4.98 Å². The van der Waals surface area contributed by atoms with E-state index in [4.69, 9.17) is 0 Å². The van der Waals surface area contributed by atoms with Crippen molar-refractivity contribution in [3.05, 3.63) is 47.3 Å². The Morgan fingerprint density at radius 1 is 1.24 bits per heavy atom. The fourth-order valence-corrected chi connectivity index (χ4v) is 2.13. The van der Waals surface area contributed by atoms with Gasteiger partial charge < -0.3 is 9.88 Å². The summed E-state index contributed by atoms with van der Waals surface area (Å²) in [6.45, 7) is 4.03. The molecule has 0 amide bonds. The Hall–Kier alpha value is -1.68. The molecule has 4 heteroatoms. The smallest absolute Gasteiger partial charge is 0.130 e. The Balaban J connectivity index is 2.45. The van der Waals surface area contributed by atoms with Crippen LogP contribution in [0.1, 0.15) is 28.8 Å². The lowest BCUT2D eigenvalue weighted by atomic mass is 10.1. The number of aryl methyl sites for hydroxylation is 3. The van der Waals surface area contributed by atoms with E-state index in [9.17, 15) is 0 Å². The van der Waals surface area contributed by atoms with E-state index in [0.717, 1.165) is 17.2 Å². The van der Waals surface area contributed by atoms with Gasteiger partial charge >= 0.3 is 0 Å². The summed E-state index contributed by atoms with van der Waals surface area (Å²) >= 11 is 0. The molecule has 1 atom stereocenters. The average Bonchev–Trinajstić information content (AvgIpc) is 2.65. The van der Waals surface area contributed by atoms with Gasteiger partial charge in [0.05, 0.1) is 6.04 Å². The highest BCUT2D eigenvalue weighted by atomic mass is 15.1. The Kier molecular flexibility index (Phi) is 3.24. The van der Waals surface area contributed by atoms with Crippen LogP contribution in [-0.4, -0.2) is 21.6 Å². The number of hydrogen-bond acceptors (Lipinski definition) is 3. The molecule has 4 nitrogen and oxygen atoms in total. The van der Waals surface area contributed by atoms with Crippen LogP contribution in [0.25, 0.3) is 0 Å². The van der Waals surface area contributed by atoms with Crippen molar-refractivity contribution in [2.75, 3.05) is 7.05 Å². The number of hydrogen-bond donors (Lipinski definition) is 1. The van der Waals surface area contributed by atoms with Crippen molar-refractivity contribution >= 4 is 0 Å². The molecule has 0 spiro atoms. The predicted octanol–water partition coefficient (Wildman–Crippen LogP) is 1.74. The van der Waals surface area contributed by atoms with Crippen molar-refractivity contribution < 1.29 is 0 Å². The molecule has 0 aliphatic heterocycles.